The Hall–Kier alpha value is -6.46. The van der Waals surface area contributed by atoms with Crippen molar-refractivity contribution in [3.63, 3.8) is 0 Å². The fourth-order valence-corrected chi connectivity index (χ4v) is 10.5. The monoisotopic (exact) mass is 806 g/mol. The van der Waals surface area contributed by atoms with Gasteiger partial charge in [-0.3, -0.25) is 0 Å². The lowest BCUT2D eigenvalue weighted by Gasteiger charge is -2.41. The van der Waals surface area contributed by atoms with Crippen molar-refractivity contribution < 1.29 is 4.42 Å². The molecule has 0 unspecified atom stereocenters. The quantitative estimate of drug-likeness (QED) is 0.110. The summed E-state index contributed by atoms with van der Waals surface area (Å²) in [6.07, 6.45) is 7.14. The number of hydrogen-bond acceptors (Lipinski definition) is 3. The van der Waals surface area contributed by atoms with E-state index in [1.807, 2.05) is 0 Å². The molecule has 0 saturated heterocycles. The van der Waals surface area contributed by atoms with Gasteiger partial charge in [0, 0.05) is 44.5 Å². The molecule has 2 aromatic heterocycles. The molecule has 1 aliphatic carbocycles. The minimum Gasteiger partial charge on any atom is -0.469 e. The predicted octanol–water partition coefficient (Wildman–Crippen LogP) is 14.5. The largest absolute Gasteiger partial charge is 0.469 e. The highest BCUT2D eigenvalue weighted by Gasteiger charge is 2.39. The highest BCUT2D eigenvalue weighted by atomic mass is 16.3. The van der Waals surface area contributed by atoms with Crippen molar-refractivity contribution in [3.8, 4) is 16.8 Å². The molecular formula is C57H53BN3O. The van der Waals surface area contributed by atoms with Crippen molar-refractivity contribution in [3.05, 3.63) is 168 Å². The fourth-order valence-electron chi connectivity index (χ4n) is 10.5. The van der Waals surface area contributed by atoms with Crippen LogP contribution in [0.5, 0.6) is 0 Å². The average molecular weight is 807 g/mol. The van der Waals surface area contributed by atoms with Gasteiger partial charge in [-0.2, -0.15) is 0 Å². The third kappa shape index (κ3) is 6.27. The number of nitrogens with one attached hydrogen (secondary N) is 1. The zero-order valence-electron chi connectivity index (χ0n) is 36.6. The number of nitrogens with zero attached hydrogens (tertiary/aromatic N) is 2. The van der Waals surface area contributed by atoms with E-state index in [1.165, 1.54) is 63.1 Å². The molecule has 1 N–H and O–H groups in total. The highest BCUT2D eigenvalue weighted by molar-refractivity contribution is 6.73. The number of aryl methyl sites for hydroxylation is 1. The summed E-state index contributed by atoms with van der Waals surface area (Å²) in [5.74, 6) is 0. The average Bonchev–Trinajstić information content (AvgIpc) is 3.83. The number of aromatic nitrogens is 1. The number of benzene rings is 7. The molecule has 1 aliphatic heterocycles. The lowest BCUT2D eigenvalue weighted by Crippen LogP contribution is -2.36. The molecule has 0 amide bonds. The lowest BCUT2D eigenvalue weighted by molar-refractivity contribution is 0.332. The van der Waals surface area contributed by atoms with Crippen LogP contribution in [0.25, 0.3) is 49.6 Å². The normalized spacial score (nSPS) is 14.7. The van der Waals surface area contributed by atoms with Gasteiger partial charge in [-0.25, -0.2) is 0 Å². The SMILES string of the molecule is CCCCCc1ccc(Nc2ccccc2-c2cc(N(c3ccccc3)c3ccccc3)c3c4ccccc4n4c3c2[B]c2oc3cc5c(cc3c2-4)C(C)(C)CCC5(C)C)cc1. The summed E-state index contributed by atoms with van der Waals surface area (Å²) >= 11 is 0. The molecule has 7 aromatic carbocycles. The Balaban J connectivity index is 1.20. The summed E-state index contributed by atoms with van der Waals surface area (Å²) in [5, 5.41) is 7.46. The Morgan fingerprint density at radius 1 is 0.661 bits per heavy atom. The molecule has 62 heavy (non-hydrogen) atoms. The van der Waals surface area contributed by atoms with E-state index in [4.69, 9.17) is 4.42 Å². The van der Waals surface area contributed by atoms with Gasteiger partial charge in [0.1, 0.15) is 5.58 Å². The summed E-state index contributed by atoms with van der Waals surface area (Å²) in [7, 11) is 2.34. The molecule has 2 aliphatic rings. The third-order valence-electron chi connectivity index (χ3n) is 13.9. The van der Waals surface area contributed by atoms with Crippen molar-refractivity contribution in [2.75, 3.05) is 10.2 Å². The van der Waals surface area contributed by atoms with E-state index in [2.05, 4.69) is 208 Å². The second-order valence-electron chi connectivity index (χ2n) is 18.9. The summed E-state index contributed by atoms with van der Waals surface area (Å²) in [4.78, 5) is 2.44. The zero-order valence-corrected chi connectivity index (χ0v) is 36.6. The first-order valence-electron chi connectivity index (χ1n) is 22.6. The van der Waals surface area contributed by atoms with Gasteiger partial charge >= 0.3 is 0 Å². The lowest BCUT2D eigenvalue weighted by atomic mass is 9.61. The summed E-state index contributed by atoms with van der Waals surface area (Å²) < 4.78 is 9.63. The fraction of sp³-hybridized carbons (Fsp3) is 0.228. The Morgan fingerprint density at radius 2 is 1.31 bits per heavy atom. The summed E-state index contributed by atoms with van der Waals surface area (Å²) in [6, 6.07) is 55.7. The molecule has 4 nitrogen and oxygen atoms in total. The van der Waals surface area contributed by atoms with Crippen molar-refractivity contribution in [1.29, 1.82) is 0 Å². The second-order valence-corrected chi connectivity index (χ2v) is 18.9. The van der Waals surface area contributed by atoms with E-state index in [-0.39, 0.29) is 10.8 Å². The van der Waals surface area contributed by atoms with Crippen LogP contribution >= 0.6 is 0 Å². The maximum Gasteiger partial charge on any atom is 0.247 e. The van der Waals surface area contributed by atoms with Crippen molar-refractivity contribution >= 4 is 79.6 Å². The maximum absolute atomic E-state index is 7.10. The van der Waals surface area contributed by atoms with E-state index in [0.717, 1.165) is 81.2 Å². The highest BCUT2D eigenvalue weighted by Crippen LogP contribution is 2.50. The Morgan fingerprint density at radius 3 is 2.02 bits per heavy atom. The van der Waals surface area contributed by atoms with Crippen molar-refractivity contribution in [2.24, 2.45) is 0 Å². The molecule has 0 atom stereocenters. The standard InChI is InChI=1S/C57H53BN3O/c1-6-7-10-19-37-28-30-38(31-29-37)59-47-26-17-15-24-41(47)43-35-49(60(39-20-11-8-12-21-39)40-22-13-9-14-23-40)51-42-25-16-18-27-48(42)61-53-44-34-45-46(57(4,5)33-32-56(45,2)3)36-50(44)62-55(53)58-52(43)54(51)61/h8-9,11-18,20-31,34-36,59H,6-7,10,19,32-33H2,1-5H3. The van der Waals surface area contributed by atoms with Gasteiger partial charge in [-0.1, -0.05) is 132 Å². The Labute approximate surface area is 366 Å². The van der Waals surface area contributed by atoms with Gasteiger partial charge in [0.25, 0.3) is 0 Å². The number of hydrogen-bond donors (Lipinski definition) is 1. The van der Waals surface area contributed by atoms with Crippen LogP contribution in [0, 0.1) is 0 Å². The molecule has 1 radical (unpaired) electrons. The van der Waals surface area contributed by atoms with Crippen LogP contribution in [0.3, 0.4) is 0 Å². The minimum absolute atomic E-state index is 0.0614. The molecule has 9 aromatic rings. The van der Waals surface area contributed by atoms with E-state index < -0.39 is 0 Å². The zero-order chi connectivity index (χ0) is 42.2. The molecule has 11 rings (SSSR count). The van der Waals surface area contributed by atoms with E-state index >= 15 is 0 Å². The van der Waals surface area contributed by atoms with Crippen LogP contribution in [0.4, 0.5) is 28.4 Å². The second kappa shape index (κ2) is 14.9. The minimum atomic E-state index is 0.0614. The van der Waals surface area contributed by atoms with Gasteiger partial charge in [0.15, 0.2) is 0 Å². The molecule has 3 heterocycles. The first kappa shape index (κ1) is 38.5. The van der Waals surface area contributed by atoms with Gasteiger partial charge in [-0.15, -0.1) is 0 Å². The number of furan rings is 1. The molecule has 0 spiro atoms. The van der Waals surface area contributed by atoms with E-state index in [1.54, 1.807) is 0 Å². The molecule has 0 saturated carbocycles. The molecule has 5 heteroatoms. The third-order valence-corrected chi connectivity index (χ3v) is 13.9. The predicted molar refractivity (Wildman–Crippen MR) is 264 cm³/mol. The Bertz CT molecular complexity index is 3100. The van der Waals surface area contributed by atoms with E-state index in [9.17, 15) is 0 Å². The van der Waals surface area contributed by atoms with Gasteiger partial charge in [-0.05, 0) is 131 Å². The molecule has 0 fully saturated rings. The van der Waals surface area contributed by atoms with Crippen molar-refractivity contribution in [1.82, 2.24) is 4.57 Å². The van der Waals surface area contributed by atoms with Crippen LogP contribution in [0.15, 0.2) is 156 Å². The molecular weight excluding hydrogens is 753 g/mol. The first-order chi connectivity index (χ1) is 30.2. The first-order valence-corrected chi connectivity index (χ1v) is 22.6. The van der Waals surface area contributed by atoms with Crippen LogP contribution in [-0.4, -0.2) is 11.8 Å². The number of unbranched alkanes of at least 4 members (excludes halogenated alkanes) is 2. The van der Waals surface area contributed by atoms with E-state index in [0.29, 0.717) is 0 Å². The maximum atomic E-state index is 7.10. The van der Waals surface area contributed by atoms with Crippen LogP contribution in [0.1, 0.15) is 83.4 Å². The summed E-state index contributed by atoms with van der Waals surface area (Å²) in [6.45, 7) is 11.9. The van der Waals surface area contributed by atoms with Gasteiger partial charge in [0.2, 0.25) is 7.28 Å². The smallest absolute Gasteiger partial charge is 0.247 e. The van der Waals surface area contributed by atoms with Crippen molar-refractivity contribution in [2.45, 2.75) is 84.0 Å². The van der Waals surface area contributed by atoms with Gasteiger partial charge in [0.05, 0.1) is 28.1 Å². The molecule has 305 valence electrons. The van der Waals surface area contributed by atoms with Crippen LogP contribution in [0.2, 0.25) is 0 Å². The molecule has 0 bridgehead atoms. The van der Waals surface area contributed by atoms with Gasteiger partial charge < -0.3 is 19.2 Å². The van der Waals surface area contributed by atoms with Crippen LogP contribution in [-0.2, 0) is 17.3 Å². The van der Waals surface area contributed by atoms with Crippen LogP contribution < -0.4 is 21.3 Å². The topological polar surface area (TPSA) is 33.3 Å². The summed E-state index contributed by atoms with van der Waals surface area (Å²) in [5.41, 5.74) is 18.6. The number of rotatable bonds is 10. The Kier molecular flexibility index (Phi) is 9.23. The number of anilines is 5. The number of para-hydroxylation sites is 4. The number of fused-ring (bicyclic) bond motifs is 8.